The van der Waals surface area contributed by atoms with E-state index in [9.17, 15) is 4.79 Å². The maximum Gasteiger partial charge on any atom is 0.410 e. The van der Waals surface area contributed by atoms with Gasteiger partial charge >= 0.3 is 6.09 Å². The SMILES string of the molecule is CCN(C(=O)OC(C)(C)C)C1CN(C(c2ccccc2)c2ccccc2)C1. The van der Waals surface area contributed by atoms with Gasteiger partial charge in [0.1, 0.15) is 5.60 Å². The average Bonchev–Trinajstić information content (AvgIpc) is 2.60. The van der Waals surface area contributed by atoms with E-state index in [4.69, 9.17) is 4.74 Å². The van der Waals surface area contributed by atoms with Crippen molar-refractivity contribution in [2.24, 2.45) is 0 Å². The molecule has 2 aromatic carbocycles. The number of amides is 1. The highest BCUT2D eigenvalue weighted by molar-refractivity contribution is 5.68. The van der Waals surface area contributed by atoms with E-state index in [0.717, 1.165) is 13.1 Å². The molecule has 0 aliphatic carbocycles. The monoisotopic (exact) mass is 366 g/mol. The van der Waals surface area contributed by atoms with E-state index in [1.165, 1.54) is 11.1 Å². The minimum atomic E-state index is -0.468. The third kappa shape index (κ3) is 4.69. The lowest BCUT2D eigenvalue weighted by Gasteiger charge is -2.48. The molecule has 1 fully saturated rings. The van der Waals surface area contributed by atoms with Crippen LogP contribution in [0.2, 0.25) is 0 Å². The van der Waals surface area contributed by atoms with Crippen LogP contribution >= 0.6 is 0 Å². The molecular formula is C23H30N2O2. The summed E-state index contributed by atoms with van der Waals surface area (Å²) in [4.78, 5) is 16.8. The molecule has 0 bridgehead atoms. The zero-order chi connectivity index (χ0) is 19.4. The molecular weight excluding hydrogens is 336 g/mol. The van der Waals surface area contributed by atoms with Crippen molar-refractivity contribution in [2.75, 3.05) is 19.6 Å². The van der Waals surface area contributed by atoms with E-state index in [0.29, 0.717) is 6.54 Å². The first-order chi connectivity index (χ1) is 12.9. The molecule has 1 aliphatic rings. The molecule has 0 aromatic heterocycles. The molecule has 2 aromatic rings. The zero-order valence-corrected chi connectivity index (χ0v) is 16.8. The van der Waals surface area contributed by atoms with Crippen LogP contribution in [0.1, 0.15) is 44.9 Å². The molecule has 1 saturated heterocycles. The Bertz CT molecular complexity index is 694. The molecule has 0 atom stereocenters. The number of carbonyl (C=O) groups is 1. The Morgan fingerprint density at radius 3 is 1.93 bits per heavy atom. The van der Waals surface area contributed by atoms with Gasteiger partial charge in [-0.15, -0.1) is 0 Å². The van der Waals surface area contributed by atoms with Crippen molar-refractivity contribution in [3.8, 4) is 0 Å². The topological polar surface area (TPSA) is 32.8 Å². The second kappa shape index (κ2) is 8.13. The van der Waals surface area contributed by atoms with Crippen LogP contribution in [0.3, 0.4) is 0 Å². The Kier molecular flexibility index (Phi) is 5.85. The largest absolute Gasteiger partial charge is 0.444 e. The molecule has 1 amide bonds. The van der Waals surface area contributed by atoms with Crippen LogP contribution in [-0.4, -0.2) is 47.2 Å². The molecule has 0 saturated carbocycles. The second-order valence-corrected chi connectivity index (χ2v) is 8.10. The van der Waals surface area contributed by atoms with Crippen molar-refractivity contribution in [1.29, 1.82) is 0 Å². The molecule has 27 heavy (non-hydrogen) atoms. The number of likely N-dealkylation sites (tertiary alicyclic amines) is 1. The fourth-order valence-electron chi connectivity index (χ4n) is 3.64. The summed E-state index contributed by atoms with van der Waals surface area (Å²) in [5, 5.41) is 0. The standard InChI is InChI=1S/C23H30N2O2/c1-5-25(22(26)27-23(2,3)4)20-16-24(17-20)21(18-12-8-6-9-13-18)19-14-10-7-11-15-19/h6-15,20-21H,5,16-17H2,1-4H3. The Labute approximate surface area is 162 Å². The molecule has 0 N–H and O–H groups in total. The van der Waals surface area contributed by atoms with E-state index in [1.807, 2.05) is 44.7 Å². The highest BCUT2D eigenvalue weighted by atomic mass is 16.6. The van der Waals surface area contributed by atoms with Gasteiger partial charge in [-0.1, -0.05) is 60.7 Å². The van der Waals surface area contributed by atoms with Gasteiger partial charge in [0, 0.05) is 19.6 Å². The minimum Gasteiger partial charge on any atom is -0.444 e. The van der Waals surface area contributed by atoms with Crippen LogP contribution in [0.4, 0.5) is 4.79 Å². The van der Waals surface area contributed by atoms with Gasteiger partial charge < -0.3 is 9.64 Å². The maximum absolute atomic E-state index is 12.5. The summed E-state index contributed by atoms with van der Waals surface area (Å²) in [5.41, 5.74) is 2.09. The Hall–Kier alpha value is -2.33. The van der Waals surface area contributed by atoms with Crippen LogP contribution in [0.5, 0.6) is 0 Å². The lowest BCUT2D eigenvalue weighted by atomic mass is 9.92. The van der Waals surface area contributed by atoms with Gasteiger partial charge in [-0.3, -0.25) is 4.90 Å². The Balaban J connectivity index is 1.73. The molecule has 4 heteroatoms. The van der Waals surface area contributed by atoms with Crippen molar-refractivity contribution < 1.29 is 9.53 Å². The first kappa shape index (κ1) is 19.4. The van der Waals surface area contributed by atoms with Crippen molar-refractivity contribution in [3.63, 3.8) is 0 Å². The van der Waals surface area contributed by atoms with Crippen LogP contribution in [0, 0.1) is 0 Å². The van der Waals surface area contributed by atoms with E-state index in [1.54, 1.807) is 0 Å². The summed E-state index contributed by atoms with van der Waals surface area (Å²) >= 11 is 0. The summed E-state index contributed by atoms with van der Waals surface area (Å²) in [5.74, 6) is 0. The number of hydrogen-bond acceptors (Lipinski definition) is 3. The van der Waals surface area contributed by atoms with Crippen LogP contribution in [-0.2, 0) is 4.74 Å². The summed E-state index contributed by atoms with van der Waals surface area (Å²) < 4.78 is 5.58. The fraction of sp³-hybridized carbons (Fsp3) is 0.435. The predicted octanol–water partition coefficient (Wildman–Crippen LogP) is 4.72. The first-order valence-corrected chi connectivity index (χ1v) is 9.72. The van der Waals surface area contributed by atoms with Gasteiger partial charge in [0.15, 0.2) is 0 Å². The third-order valence-electron chi connectivity index (χ3n) is 4.90. The number of hydrogen-bond donors (Lipinski definition) is 0. The van der Waals surface area contributed by atoms with E-state index in [2.05, 4.69) is 53.4 Å². The highest BCUT2D eigenvalue weighted by Gasteiger charge is 2.39. The molecule has 3 rings (SSSR count). The average molecular weight is 367 g/mol. The molecule has 1 heterocycles. The third-order valence-corrected chi connectivity index (χ3v) is 4.90. The van der Waals surface area contributed by atoms with Crippen LogP contribution in [0.25, 0.3) is 0 Å². The predicted molar refractivity (Wildman–Crippen MR) is 109 cm³/mol. The number of rotatable bonds is 5. The van der Waals surface area contributed by atoms with E-state index >= 15 is 0 Å². The molecule has 0 radical (unpaired) electrons. The number of likely N-dealkylation sites (N-methyl/N-ethyl adjacent to an activating group) is 1. The zero-order valence-electron chi connectivity index (χ0n) is 16.8. The van der Waals surface area contributed by atoms with Gasteiger partial charge in [0.05, 0.1) is 12.1 Å². The van der Waals surface area contributed by atoms with Gasteiger partial charge in [-0.25, -0.2) is 4.79 Å². The Morgan fingerprint density at radius 1 is 1.04 bits per heavy atom. The summed E-state index contributed by atoms with van der Waals surface area (Å²) in [7, 11) is 0. The molecule has 0 unspecified atom stereocenters. The smallest absolute Gasteiger partial charge is 0.410 e. The van der Waals surface area contributed by atoms with E-state index < -0.39 is 5.60 Å². The van der Waals surface area contributed by atoms with Crippen molar-refractivity contribution >= 4 is 6.09 Å². The first-order valence-electron chi connectivity index (χ1n) is 9.72. The normalized spacial score (nSPS) is 15.4. The highest BCUT2D eigenvalue weighted by Crippen LogP contribution is 2.33. The van der Waals surface area contributed by atoms with Crippen molar-refractivity contribution in [2.45, 2.75) is 45.4 Å². The summed E-state index contributed by atoms with van der Waals surface area (Å²) in [6, 6.07) is 21.5. The molecule has 1 aliphatic heterocycles. The fourth-order valence-corrected chi connectivity index (χ4v) is 3.64. The van der Waals surface area contributed by atoms with Crippen molar-refractivity contribution in [1.82, 2.24) is 9.80 Å². The molecule has 0 spiro atoms. The lowest BCUT2D eigenvalue weighted by Crippen LogP contribution is -2.62. The van der Waals surface area contributed by atoms with Gasteiger partial charge in [0.25, 0.3) is 0 Å². The number of ether oxygens (including phenoxy) is 1. The van der Waals surface area contributed by atoms with Gasteiger partial charge in [-0.05, 0) is 38.8 Å². The van der Waals surface area contributed by atoms with Crippen LogP contribution < -0.4 is 0 Å². The number of nitrogens with zero attached hydrogens (tertiary/aromatic N) is 2. The van der Waals surface area contributed by atoms with Gasteiger partial charge in [0.2, 0.25) is 0 Å². The van der Waals surface area contributed by atoms with Crippen LogP contribution in [0.15, 0.2) is 60.7 Å². The van der Waals surface area contributed by atoms with E-state index in [-0.39, 0.29) is 18.2 Å². The summed E-state index contributed by atoms with van der Waals surface area (Å²) in [6.45, 7) is 10.1. The molecule has 144 valence electrons. The number of benzene rings is 2. The van der Waals surface area contributed by atoms with Crippen molar-refractivity contribution in [3.05, 3.63) is 71.8 Å². The Morgan fingerprint density at radius 2 is 1.52 bits per heavy atom. The summed E-state index contributed by atoms with van der Waals surface area (Å²) in [6.07, 6.45) is -0.217. The lowest BCUT2D eigenvalue weighted by molar-refractivity contribution is -0.0182. The second-order valence-electron chi connectivity index (χ2n) is 8.10. The number of carbonyl (C=O) groups excluding carboxylic acids is 1. The minimum absolute atomic E-state index is 0.194. The maximum atomic E-state index is 12.5. The molecule has 4 nitrogen and oxygen atoms in total. The quantitative estimate of drug-likeness (QED) is 0.768. The van der Waals surface area contributed by atoms with Gasteiger partial charge in [-0.2, -0.15) is 0 Å².